The van der Waals surface area contributed by atoms with Crippen LogP contribution in [0.5, 0.6) is 5.75 Å². The molecule has 0 aliphatic heterocycles. The smallest absolute Gasteiger partial charge is 0.271 e. The van der Waals surface area contributed by atoms with Crippen LogP contribution in [-0.2, 0) is 10.0 Å². The second-order valence-corrected chi connectivity index (χ2v) is 5.30. The first-order valence-electron chi connectivity index (χ1n) is 5.41. The molecule has 0 radical (unpaired) electrons. The average Bonchev–Trinajstić information content (AvgIpc) is 2.46. The molecule has 0 saturated carbocycles. The summed E-state index contributed by atoms with van der Waals surface area (Å²) in [6.45, 7) is 0. The number of rotatable bonds is 5. The van der Waals surface area contributed by atoms with Crippen molar-refractivity contribution in [1.29, 1.82) is 0 Å². The molecule has 0 aromatic heterocycles. The van der Waals surface area contributed by atoms with Gasteiger partial charge in [0.15, 0.2) is 12.0 Å². The van der Waals surface area contributed by atoms with Gasteiger partial charge in [-0.25, -0.2) is 8.42 Å². The van der Waals surface area contributed by atoms with Gasteiger partial charge in [0.2, 0.25) is 0 Å². The minimum Gasteiger partial charge on any atom is -0.393 e. The van der Waals surface area contributed by atoms with E-state index in [1.54, 1.807) is 30.3 Å². The molecule has 1 N–H and O–H groups in total. The fourth-order valence-corrected chi connectivity index (χ4v) is 2.23. The van der Waals surface area contributed by atoms with Crippen molar-refractivity contribution in [2.45, 2.75) is 4.90 Å². The van der Waals surface area contributed by atoms with Crippen LogP contribution in [0, 0.1) is 0 Å². The lowest BCUT2D eigenvalue weighted by molar-refractivity contribution is 0.111. The van der Waals surface area contributed by atoms with Crippen molar-refractivity contribution in [3.63, 3.8) is 0 Å². The number of hydrogen-bond donors (Lipinski definition) is 1. The first-order chi connectivity index (χ1) is 9.13. The van der Waals surface area contributed by atoms with Crippen LogP contribution in [0.2, 0.25) is 0 Å². The van der Waals surface area contributed by atoms with E-state index in [0.29, 0.717) is 6.29 Å². The van der Waals surface area contributed by atoms with Crippen LogP contribution in [0.4, 0.5) is 0 Å². The van der Waals surface area contributed by atoms with Crippen molar-refractivity contribution in [1.82, 2.24) is 4.89 Å². The molecule has 0 aliphatic rings. The van der Waals surface area contributed by atoms with Crippen LogP contribution in [0.15, 0.2) is 59.5 Å². The molecule has 0 atom stereocenters. The fraction of sp³-hybridized carbons (Fsp3) is 0. The molecule has 5 nitrogen and oxygen atoms in total. The number of carbonyl (C=O) groups is 1. The zero-order valence-corrected chi connectivity index (χ0v) is 10.6. The van der Waals surface area contributed by atoms with E-state index in [4.69, 9.17) is 4.84 Å². The van der Waals surface area contributed by atoms with Crippen molar-refractivity contribution in [3.05, 3.63) is 60.2 Å². The highest BCUT2D eigenvalue weighted by molar-refractivity contribution is 7.89. The van der Waals surface area contributed by atoms with Gasteiger partial charge in [0.25, 0.3) is 10.0 Å². The highest BCUT2D eigenvalue weighted by Crippen LogP contribution is 2.16. The van der Waals surface area contributed by atoms with Crippen LogP contribution in [0.25, 0.3) is 0 Å². The predicted molar refractivity (Wildman–Crippen MR) is 69.2 cm³/mol. The number of para-hydroxylation sites is 1. The van der Waals surface area contributed by atoms with Crippen molar-refractivity contribution in [3.8, 4) is 5.75 Å². The van der Waals surface area contributed by atoms with Gasteiger partial charge in [-0.2, -0.15) is 0 Å². The van der Waals surface area contributed by atoms with E-state index in [1.165, 1.54) is 24.3 Å². The van der Waals surface area contributed by atoms with Crippen LogP contribution in [0.1, 0.15) is 10.4 Å². The van der Waals surface area contributed by atoms with Crippen LogP contribution in [0.3, 0.4) is 0 Å². The van der Waals surface area contributed by atoms with E-state index in [2.05, 4.69) is 0 Å². The molecule has 0 aliphatic carbocycles. The third-order valence-corrected chi connectivity index (χ3v) is 3.56. The maximum absolute atomic E-state index is 11.9. The lowest BCUT2D eigenvalue weighted by Gasteiger charge is -2.09. The van der Waals surface area contributed by atoms with Gasteiger partial charge in [-0.1, -0.05) is 30.3 Å². The lowest BCUT2D eigenvalue weighted by atomic mass is 10.2. The van der Waals surface area contributed by atoms with Crippen molar-refractivity contribution < 1.29 is 18.0 Å². The largest absolute Gasteiger partial charge is 0.393 e. The Hall–Kier alpha value is -2.18. The van der Waals surface area contributed by atoms with Gasteiger partial charge in [-0.3, -0.25) is 4.79 Å². The SMILES string of the molecule is O=Cc1ccccc1ONS(=O)(=O)c1ccccc1. The number of carbonyl (C=O) groups excluding carboxylic acids is 1. The molecule has 0 saturated heterocycles. The van der Waals surface area contributed by atoms with Crippen molar-refractivity contribution in [2.75, 3.05) is 0 Å². The Morgan fingerprint density at radius 2 is 1.58 bits per heavy atom. The molecule has 98 valence electrons. The van der Waals surface area contributed by atoms with Crippen LogP contribution < -0.4 is 9.72 Å². The highest BCUT2D eigenvalue weighted by Gasteiger charge is 2.14. The Morgan fingerprint density at radius 3 is 2.26 bits per heavy atom. The van der Waals surface area contributed by atoms with Gasteiger partial charge in [-0.15, -0.1) is 0 Å². The summed E-state index contributed by atoms with van der Waals surface area (Å²) in [5.41, 5.74) is 0.262. The summed E-state index contributed by atoms with van der Waals surface area (Å²) >= 11 is 0. The highest BCUT2D eigenvalue weighted by atomic mass is 32.2. The van der Waals surface area contributed by atoms with E-state index in [0.717, 1.165) is 0 Å². The molecule has 0 bridgehead atoms. The minimum atomic E-state index is -3.77. The lowest BCUT2D eigenvalue weighted by Crippen LogP contribution is -2.27. The van der Waals surface area contributed by atoms with Gasteiger partial charge < -0.3 is 4.84 Å². The van der Waals surface area contributed by atoms with E-state index in [9.17, 15) is 13.2 Å². The zero-order valence-electron chi connectivity index (χ0n) is 9.81. The van der Waals surface area contributed by atoms with Gasteiger partial charge in [-0.05, 0) is 29.2 Å². The van der Waals surface area contributed by atoms with Gasteiger partial charge in [0.05, 0.1) is 10.5 Å². The first-order valence-corrected chi connectivity index (χ1v) is 6.90. The summed E-state index contributed by atoms with van der Waals surface area (Å²) in [6.07, 6.45) is 0.589. The topological polar surface area (TPSA) is 72.5 Å². The fourth-order valence-electron chi connectivity index (χ4n) is 1.42. The number of aldehydes is 1. The Labute approximate surface area is 110 Å². The molecular weight excluding hydrogens is 266 g/mol. The standard InChI is InChI=1S/C13H11NO4S/c15-10-11-6-4-5-9-13(11)18-14-19(16,17)12-7-2-1-3-8-12/h1-10,14H. The van der Waals surface area contributed by atoms with E-state index >= 15 is 0 Å². The maximum Gasteiger partial charge on any atom is 0.271 e. The van der Waals surface area contributed by atoms with Crippen LogP contribution >= 0.6 is 0 Å². The predicted octanol–water partition coefficient (Wildman–Crippen LogP) is 1.77. The van der Waals surface area contributed by atoms with Gasteiger partial charge >= 0.3 is 0 Å². The molecule has 0 unspecified atom stereocenters. The maximum atomic E-state index is 11.9. The summed E-state index contributed by atoms with van der Waals surface area (Å²) in [4.78, 5) is 17.8. The molecule has 2 aromatic rings. The normalized spacial score (nSPS) is 10.9. The van der Waals surface area contributed by atoms with E-state index < -0.39 is 10.0 Å². The van der Waals surface area contributed by atoms with Crippen molar-refractivity contribution >= 4 is 16.3 Å². The van der Waals surface area contributed by atoms with E-state index in [1.807, 2.05) is 4.89 Å². The Morgan fingerprint density at radius 1 is 0.947 bits per heavy atom. The van der Waals surface area contributed by atoms with E-state index in [-0.39, 0.29) is 16.2 Å². The van der Waals surface area contributed by atoms with Gasteiger partial charge in [0.1, 0.15) is 0 Å². The number of nitrogens with one attached hydrogen (secondary N) is 1. The van der Waals surface area contributed by atoms with Gasteiger partial charge in [0, 0.05) is 0 Å². The summed E-state index contributed by atoms with van der Waals surface area (Å²) in [5, 5.41) is 0. The monoisotopic (exact) mass is 277 g/mol. The molecule has 0 spiro atoms. The average molecular weight is 277 g/mol. The molecule has 6 heteroatoms. The molecule has 0 amide bonds. The Balaban J connectivity index is 2.17. The second-order valence-electron chi connectivity index (χ2n) is 3.66. The summed E-state index contributed by atoms with van der Waals surface area (Å²) in [5.74, 6) is 0.150. The number of benzene rings is 2. The minimum absolute atomic E-state index is 0.0820. The molecule has 0 fully saturated rings. The summed E-state index contributed by atoms with van der Waals surface area (Å²) in [6, 6.07) is 14.1. The molecular formula is C13H11NO4S. The quantitative estimate of drug-likeness (QED) is 0.668. The third-order valence-electron chi connectivity index (χ3n) is 2.36. The Kier molecular flexibility index (Phi) is 3.94. The number of hydrogen-bond acceptors (Lipinski definition) is 4. The van der Waals surface area contributed by atoms with Crippen LogP contribution in [-0.4, -0.2) is 14.7 Å². The second kappa shape index (κ2) is 5.64. The molecule has 0 heterocycles. The number of sulfonamides is 1. The molecule has 2 rings (SSSR count). The molecule has 2 aromatic carbocycles. The van der Waals surface area contributed by atoms with Crippen molar-refractivity contribution in [2.24, 2.45) is 0 Å². The third kappa shape index (κ3) is 3.18. The first kappa shape index (κ1) is 13.3. The summed E-state index contributed by atoms with van der Waals surface area (Å²) < 4.78 is 23.8. The summed E-state index contributed by atoms with van der Waals surface area (Å²) in [7, 11) is -3.77. The zero-order chi connectivity index (χ0) is 13.7. The molecule has 19 heavy (non-hydrogen) atoms. The Bertz CT molecular complexity index is 668.